The number of alkyl halides is 3. The summed E-state index contributed by atoms with van der Waals surface area (Å²) in [6.07, 6.45) is -5.67. The van der Waals surface area contributed by atoms with Crippen LogP contribution in [0.15, 0.2) is 24.3 Å². The topological polar surface area (TPSA) is 52.6 Å². The molecule has 1 aromatic rings. The quantitative estimate of drug-likeness (QED) is 0.843. The number of nitrogens with one attached hydrogen (secondary N) is 1. The maximum atomic E-state index is 13.2. The molecule has 116 valence electrons. The SMILES string of the molecule is O=C(O)N[C@H]1CN(CC(F)(F)F)C[C@@H]1c1cccc(F)c1. The summed E-state index contributed by atoms with van der Waals surface area (Å²) in [7, 11) is 0. The molecule has 1 heterocycles. The minimum atomic E-state index is -4.36. The van der Waals surface area contributed by atoms with E-state index in [0.29, 0.717) is 5.56 Å². The summed E-state index contributed by atoms with van der Waals surface area (Å²) >= 11 is 0. The number of hydrogen-bond acceptors (Lipinski definition) is 2. The number of carbonyl (C=O) groups is 1. The number of likely N-dealkylation sites (tertiary alicyclic amines) is 1. The normalized spacial score (nSPS) is 23.2. The van der Waals surface area contributed by atoms with E-state index in [9.17, 15) is 22.4 Å². The second-order valence-corrected chi connectivity index (χ2v) is 5.03. The Morgan fingerprint density at radius 3 is 2.67 bits per heavy atom. The van der Waals surface area contributed by atoms with E-state index in [-0.39, 0.29) is 13.1 Å². The minimum Gasteiger partial charge on any atom is -0.465 e. The van der Waals surface area contributed by atoms with Crippen LogP contribution in [-0.4, -0.2) is 48.0 Å². The highest BCUT2D eigenvalue weighted by Crippen LogP contribution is 2.30. The zero-order chi connectivity index (χ0) is 15.6. The fraction of sp³-hybridized carbons (Fsp3) is 0.462. The molecule has 1 saturated heterocycles. The van der Waals surface area contributed by atoms with E-state index in [1.807, 2.05) is 0 Å². The van der Waals surface area contributed by atoms with Gasteiger partial charge in [-0.05, 0) is 17.7 Å². The summed E-state index contributed by atoms with van der Waals surface area (Å²) in [4.78, 5) is 11.9. The first-order chi connectivity index (χ1) is 9.74. The lowest BCUT2D eigenvalue weighted by Crippen LogP contribution is -2.40. The summed E-state index contributed by atoms with van der Waals surface area (Å²) in [6, 6.07) is 4.78. The number of benzene rings is 1. The third kappa shape index (κ3) is 4.32. The van der Waals surface area contributed by atoms with Crippen LogP contribution in [0.25, 0.3) is 0 Å². The van der Waals surface area contributed by atoms with Crippen molar-refractivity contribution >= 4 is 6.09 Å². The zero-order valence-corrected chi connectivity index (χ0v) is 10.9. The van der Waals surface area contributed by atoms with E-state index in [1.165, 1.54) is 18.2 Å². The van der Waals surface area contributed by atoms with Crippen LogP contribution in [0.4, 0.5) is 22.4 Å². The molecule has 2 rings (SSSR count). The fourth-order valence-corrected chi connectivity index (χ4v) is 2.65. The Bertz CT molecular complexity index is 521. The Kier molecular flexibility index (Phi) is 4.36. The molecule has 0 aromatic heterocycles. The van der Waals surface area contributed by atoms with E-state index in [1.54, 1.807) is 6.07 Å². The number of hydrogen-bond donors (Lipinski definition) is 2. The molecule has 2 N–H and O–H groups in total. The molecular weight excluding hydrogens is 292 g/mol. The highest BCUT2D eigenvalue weighted by atomic mass is 19.4. The molecule has 0 saturated carbocycles. The molecule has 1 aromatic carbocycles. The van der Waals surface area contributed by atoms with Crippen molar-refractivity contribution in [3.05, 3.63) is 35.6 Å². The van der Waals surface area contributed by atoms with Crippen LogP contribution in [0.3, 0.4) is 0 Å². The van der Waals surface area contributed by atoms with Crippen LogP contribution >= 0.6 is 0 Å². The van der Waals surface area contributed by atoms with Crippen LogP contribution < -0.4 is 5.32 Å². The number of halogens is 4. The van der Waals surface area contributed by atoms with Gasteiger partial charge in [0.25, 0.3) is 0 Å². The Balaban J connectivity index is 2.18. The molecule has 0 aliphatic carbocycles. The van der Waals surface area contributed by atoms with Crippen LogP contribution in [0, 0.1) is 5.82 Å². The molecule has 4 nitrogen and oxygen atoms in total. The van der Waals surface area contributed by atoms with Gasteiger partial charge in [-0.15, -0.1) is 0 Å². The van der Waals surface area contributed by atoms with Crippen LogP contribution in [-0.2, 0) is 0 Å². The summed E-state index contributed by atoms with van der Waals surface area (Å²) < 4.78 is 50.6. The predicted molar refractivity (Wildman–Crippen MR) is 66.6 cm³/mol. The third-order valence-electron chi connectivity index (χ3n) is 3.38. The Labute approximate surface area is 118 Å². The van der Waals surface area contributed by atoms with E-state index >= 15 is 0 Å². The largest absolute Gasteiger partial charge is 0.465 e. The molecule has 1 aliphatic heterocycles. The highest BCUT2D eigenvalue weighted by Gasteiger charge is 2.40. The molecule has 1 aliphatic rings. The molecule has 0 spiro atoms. The van der Waals surface area contributed by atoms with Gasteiger partial charge < -0.3 is 10.4 Å². The monoisotopic (exact) mass is 306 g/mol. The number of nitrogens with zero attached hydrogens (tertiary/aromatic N) is 1. The van der Waals surface area contributed by atoms with Crippen molar-refractivity contribution < 1.29 is 27.5 Å². The van der Waals surface area contributed by atoms with Crippen molar-refractivity contribution in [3.63, 3.8) is 0 Å². The van der Waals surface area contributed by atoms with Crippen molar-refractivity contribution in [3.8, 4) is 0 Å². The van der Waals surface area contributed by atoms with Crippen molar-refractivity contribution in [2.75, 3.05) is 19.6 Å². The van der Waals surface area contributed by atoms with Gasteiger partial charge in [-0.1, -0.05) is 12.1 Å². The van der Waals surface area contributed by atoms with Crippen molar-refractivity contribution in [1.29, 1.82) is 0 Å². The van der Waals surface area contributed by atoms with Crippen molar-refractivity contribution in [1.82, 2.24) is 10.2 Å². The van der Waals surface area contributed by atoms with E-state index in [4.69, 9.17) is 5.11 Å². The van der Waals surface area contributed by atoms with Gasteiger partial charge in [-0.2, -0.15) is 13.2 Å². The first-order valence-corrected chi connectivity index (χ1v) is 6.28. The van der Waals surface area contributed by atoms with Crippen molar-refractivity contribution in [2.24, 2.45) is 0 Å². The number of rotatable bonds is 3. The second-order valence-electron chi connectivity index (χ2n) is 5.03. The number of amides is 1. The average Bonchev–Trinajstić information content (AvgIpc) is 2.68. The van der Waals surface area contributed by atoms with Crippen LogP contribution in [0.1, 0.15) is 11.5 Å². The van der Waals surface area contributed by atoms with Gasteiger partial charge >= 0.3 is 12.3 Å². The molecule has 21 heavy (non-hydrogen) atoms. The summed E-state index contributed by atoms with van der Waals surface area (Å²) in [5.74, 6) is -1.02. The Hall–Kier alpha value is -1.83. The first kappa shape index (κ1) is 15.6. The first-order valence-electron chi connectivity index (χ1n) is 6.28. The molecule has 2 atom stereocenters. The highest BCUT2D eigenvalue weighted by molar-refractivity contribution is 5.65. The standard InChI is InChI=1S/C13H14F4N2O2/c14-9-3-1-2-8(4-9)10-5-19(7-13(15,16)17)6-11(10)18-12(20)21/h1-4,10-11,18H,5-7H2,(H,20,21)/t10-,11+/m1/s1. The lowest BCUT2D eigenvalue weighted by Gasteiger charge is -2.18. The third-order valence-corrected chi connectivity index (χ3v) is 3.38. The van der Waals surface area contributed by atoms with E-state index < -0.39 is 36.6 Å². The van der Waals surface area contributed by atoms with E-state index in [0.717, 1.165) is 4.90 Å². The van der Waals surface area contributed by atoms with Gasteiger partial charge in [0.1, 0.15) is 5.82 Å². The second kappa shape index (κ2) is 5.88. The summed E-state index contributed by atoms with van der Waals surface area (Å²) in [5.41, 5.74) is 0.485. The van der Waals surface area contributed by atoms with Gasteiger partial charge in [0.2, 0.25) is 0 Å². The van der Waals surface area contributed by atoms with Gasteiger partial charge in [0.15, 0.2) is 0 Å². The molecular formula is C13H14F4N2O2. The van der Waals surface area contributed by atoms with Crippen LogP contribution in [0.2, 0.25) is 0 Å². The minimum absolute atomic E-state index is 0.0217. The molecule has 0 unspecified atom stereocenters. The Morgan fingerprint density at radius 1 is 1.38 bits per heavy atom. The predicted octanol–water partition coefficient (Wildman–Crippen LogP) is 2.42. The average molecular weight is 306 g/mol. The molecule has 1 fully saturated rings. The smallest absolute Gasteiger partial charge is 0.404 e. The number of carboxylic acid groups (broad SMARTS) is 1. The van der Waals surface area contributed by atoms with Crippen LogP contribution in [0.5, 0.6) is 0 Å². The Morgan fingerprint density at radius 2 is 2.10 bits per heavy atom. The molecule has 0 radical (unpaired) electrons. The molecule has 1 amide bonds. The zero-order valence-electron chi connectivity index (χ0n) is 10.9. The molecule has 8 heteroatoms. The maximum Gasteiger partial charge on any atom is 0.404 e. The molecule has 0 bridgehead atoms. The van der Waals surface area contributed by atoms with Gasteiger partial charge in [0.05, 0.1) is 12.6 Å². The van der Waals surface area contributed by atoms with E-state index in [2.05, 4.69) is 5.32 Å². The summed E-state index contributed by atoms with van der Waals surface area (Å²) in [6.45, 7) is -1.16. The van der Waals surface area contributed by atoms with Crippen molar-refractivity contribution in [2.45, 2.75) is 18.1 Å². The lowest BCUT2D eigenvalue weighted by molar-refractivity contribution is -0.143. The fourth-order valence-electron chi connectivity index (χ4n) is 2.65. The van der Waals surface area contributed by atoms with Gasteiger partial charge in [0, 0.05) is 19.0 Å². The van der Waals surface area contributed by atoms with Gasteiger partial charge in [-0.3, -0.25) is 4.90 Å². The summed E-state index contributed by atoms with van der Waals surface area (Å²) in [5, 5.41) is 11.0. The maximum absolute atomic E-state index is 13.2. The lowest BCUT2D eigenvalue weighted by atomic mass is 9.94. The van der Waals surface area contributed by atoms with Gasteiger partial charge in [-0.25, -0.2) is 9.18 Å².